The molecule has 0 unspecified atom stereocenters. The molecule has 0 saturated carbocycles. The number of carbonyl (C=O) groups excluding carboxylic acids is 2. The van der Waals surface area contributed by atoms with E-state index in [1.807, 2.05) is 0 Å². The number of halogens is 13. The maximum absolute atomic E-state index is 12.5. The number of fused-ring (bicyclic) bond motifs is 4. The van der Waals surface area contributed by atoms with Crippen LogP contribution in [0.2, 0.25) is 0 Å². The summed E-state index contributed by atoms with van der Waals surface area (Å²) < 4.78 is 182. The largest absolute Gasteiger partial charge is 0.508 e. The van der Waals surface area contributed by atoms with Crippen molar-refractivity contribution in [3.63, 3.8) is 0 Å². The van der Waals surface area contributed by atoms with Crippen LogP contribution in [0.4, 0.5) is 57.1 Å². The van der Waals surface area contributed by atoms with Crippen LogP contribution in [0, 0.1) is 13.8 Å². The quantitative estimate of drug-likeness (QED) is 0.123. The van der Waals surface area contributed by atoms with Gasteiger partial charge >= 0.3 is 24.7 Å². The lowest BCUT2D eigenvalue weighted by Crippen LogP contribution is -2.12. The number of hydrogen-bond acceptors (Lipinski definition) is 12. The maximum atomic E-state index is 12.5. The molecule has 25 heteroatoms. The summed E-state index contributed by atoms with van der Waals surface area (Å²) in [5.74, 6) is -6.16. The minimum Gasteiger partial charge on any atom is -0.508 e. The lowest BCUT2D eigenvalue weighted by molar-refractivity contribution is -0.153. The highest BCUT2D eigenvalue weighted by atomic mass is 19.4. The molecule has 2 N–H and O–H groups in total. The SMILES string of the molecule is Cc1ccc2oc(C(F)(F)F)cc(=O)c2c1.Cc1ccc2oc(C(F)(F)F)cc(=O)c2c1C=O.O=Cc1c(O)ccc2oc(C(F)(F)F)cc(=O)c12.O=c1cc(C(F)(F)F)oc2ccc(O)cc12.[2H]CF. The van der Waals surface area contributed by atoms with E-state index in [1.165, 1.54) is 24.3 Å². The molecule has 4 heterocycles. The number of phenols is 2. The van der Waals surface area contributed by atoms with E-state index in [0.717, 1.165) is 35.9 Å². The van der Waals surface area contributed by atoms with Gasteiger partial charge in [0.25, 0.3) is 0 Å². The fourth-order valence-electron chi connectivity index (χ4n) is 5.89. The molecule has 0 spiro atoms. The Morgan fingerprint density at radius 1 is 0.471 bits per heavy atom. The van der Waals surface area contributed by atoms with Crippen LogP contribution < -0.4 is 21.7 Å². The minimum atomic E-state index is -4.80. The summed E-state index contributed by atoms with van der Waals surface area (Å²) in [6.07, 6.45) is -18.3. The zero-order valence-electron chi connectivity index (χ0n) is 35.8. The standard InChI is InChI=1S/C12H7F3O3.C11H5F3O4.C11H7F3O2.C10H5F3O3.CH3F/c1-6-2-3-9-11(7(6)5-16)8(17)4-10(18-9)12(13,14)15;12-11(13,14)9-3-7(17)10-5(4-15)6(16)1-2-8(10)18-9;1-6-2-3-9-7(4-6)8(15)5-10(16-9)11(12,13)14;11-10(12,13)9-4-7(15)6-3-5(14)1-2-8(6)16-9;1-2/h2-5H,1H3;1-4,16H;2-5H,1H3;1-4,14H;1H3/i;;;;1D. The third-order valence-corrected chi connectivity index (χ3v) is 9.01. The molecule has 0 aliphatic carbocycles. The fourth-order valence-corrected chi connectivity index (χ4v) is 5.89. The van der Waals surface area contributed by atoms with Crippen LogP contribution in [-0.2, 0) is 24.7 Å². The third kappa shape index (κ3) is 12.6. The minimum absolute atomic E-state index is 0.0505. The average molecular weight is 1010 g/mol. The molecular formula is C45H27F13O12. The van der Waals surface area contributed by atoms with Crippen molar-refractivity contribution in [2.24, 2.45) is 0 Å². The molecule has 12 nitrogen and oxygen atoms in total. The van der Waals surface area contributed by atoms with Crippen LogP contribution in [-0.4, -0.2) is 29.9 Å². The molecule has 0 amide bonds. The highest BCUT2D eigenvalue weighted by Gasteiger charge is 2.37. The summed E-state index contributed by atoms with van der Waals surface area (Å²) in [6.45, 7) is 3.33. The van der Waals surface area contributed by atoms with Crippen LogP contribution in [0.3, 0.4) is 0 Å². The molecule has 0 aliphatic heterocycles. The number of aromatic hydroxyl groups is 2. The Morgan fingerprint density at radius 3 is 1.23 bits per heavy atom. The van der Waals surface area contributed by atoms with Crippen molar-refractivity contribution < 1.29 is 95.9 Å². The topological polar surface area (TPSA) is 195 Å². The number of benzene rings is 4. The van der Waals surface area contributed by atoms with Crippen molar-refractivity contribution >= 4 is 56.4 Å². The zero-order valence-corrected chi connectivity index (χ0v) is 34.8. The Morgan fingerprint density at radius 2 is 0.814 bits per heavy atom. The molecule has 4 aromatic heterocycles. The van der Waals surface area contributed by atoms with Gasteiger partial charge in [-0.3, -0.25) is 33.2 Å². The van der Waals surface area contributed by atoms with E-state index in [1.54, 1.807) is 19.9 Å². The van der Waals surface area contributed by atoms with Crippen LogP contribution in [0.25, 0.3) is 43.9 Å². The Kier molecular flexibility index (Phi) is 15.8. The van der Waals surface area contributed by atoms with Gasteiger partial charge in [-0.1, -0.05) is 17.7 Å². The molecule has 0 fully saturated rings. The first kappa shape index (κ1) is 52.7. The van der Waals surface area contributed by atoms with E-state index in [4.69, 9.17) is 6.48 Å². The van der Waals surface area contributed by atoms with Gasteiger partial charge in [0.2, 0.25) is 23.0 Å². The lowest BCUT2D eigenvalue weighted by atomic mass is 10.0. The molecule has 0 bridgehead atoms. The molecule has 0 saturated heterocycles. The van der Waals surface area contributed by atoms with E-state index < -0.39 is 93.5 Å². The number of alkyl halides is 13. The second-order valence-electron chi connectivity index (χ2n) is 13.8. The highest BCUT2D eigenvalue weighted by Crippen LogP contribution is 2.34. The van der Waals surface area contributed by atoms with Crippen molar-refractivity contribution in [1.29, 1.82) is 0 Å². The number of hydrogen-bond donors (Lipinski definition) is 2. The summed E-state index contributed by atoms with van der Waals surface area (Å²) in [5, 5.41) is 18.0. The smallest absolute Gasteiger partial charge is 0.449 e. The molecule has 4 aromatic carbocycles. The van der Waals surface area contributed by atoms with E-state index in [0.29, 0.717) is 30.0 Å². The van der Waals surface area contributed by atoms with E-state index in [-0.39, 0.29) is 62.0 Å². The van der Waals surface area contributed by atoms with Gasteiger partial charge < -0.3 is 27.9 Å². The summed E-state index contributed by atoms with van der Waals surface area (Å²) >= 11 is 0. The first-order valence-corrected chi connectivity index (χ1v) is 18.6. The Labute approximate surface area is 380 Å². The van der Waals surface area contributed by atoms with Gasteiger partial charge in [-0.2, -0.15) is 52.7 Å². The summed E-state index contributed by atoms with van der Waals surface area (Å²) in [5.41, 5.74) is -3.41. The number of phenolic OH excluding ortho intramolecular Hbond substituents is 2. The third-order valence-electron chi connectivity index (χ3n) is 9.01. The Balaban J connectivity index is 0.000000202. The van der Waals surface area contributed by atoms with Gasteiger partial charge in [-0.15, -0.1) is 0 Å². The Bertz CT molecular complexity index is 3280. The Hall–Kier alpha value is -8.25. The fraction of sp³-hybridized carbons (Fsp3) is 0.156. The van der Waals surface area contributed by atoms with Crippen molar-refractivity contribution in [3.8, 4) is 11.5 Å². The van der Waals surface area contributed by atoms with Crippen molar-refractivity contribution in [2.45, 2.75) is 38.6 Å². The number of aryl methyl sites for hydroxylation is 2. The summed E-state index contributed by atoms with van der Waals surface area (Å²) in [6, 6.07) is 13.8. The van der Waals surface area contributed by atoms with Crippen LogP contribution in [0.5, 0.6) is 11.5 Å². The van der Waals surface area contributed by atoms with Gasteiger partial charge in [-0.25, -0.2) is 0 Å². The van der Waals surface area contributed by atoms with E-state index in [9.17, 15) is 90.9 Å². The van der Waals surface area contributed by atoms with Gasteiger partial charge in [0, 0.05) is 29.8 Å². The second-order valence-corrected chi connectivity index (χ2v) is 13.8. The first-order valence-electron chi connectivity index (χ1n) is 19.3. The van der Waals surface area contributed by atoms with Crippen LogP contribution in [0.15, 0.2) is 122 Å². The summed E-state index contributed by atoms with van der Waals surface area (Å²) in [7, 11) is -1.00. The van der Waals surface area contributed by atoms with Crippen molar-refractivity contribution in [2.75, 3.05) is 7.15 Å². The highest BCUT2D eigenvalue weighted by molar-refractivity contribution is 5.98. The van der Waals surface area contributed by atoms with Gasteiger partial charge in [0.05, 0.1) is 35.6 Å². The predicted octanol–water partition coefficient (Wildman–Crippen LogP) is 11.5. The molecule has 0 atom stereocenters. The molecule has 8 aromatic rings. The van der Waals surface area contributed by atoms with Crippen LogP contribution >= 0.6 is 0 Å². The monoisotopic (exact) mass is 1010 g/mol. The van der Waals surface area contributed by atoms with Gasteiger partial charge in [-0.05, 0) is 67.9 Å². The molecule has 370 valence electrons. The average Bonchev–Trinajstić information content (AvgIpc) is 3.26. The summed E-state index contributed by atoms with van der Waals surface area (Å²) in [4.78, 5) is 67.6. The van der Waals surface area contributed by atoms with Crippen LogP contribution in [0.1, 0.15) is 56.3 Å². The second kappa shape index (κ2) is 20.9. The van der Waals surface area contributed by atoms with Gasteiger partial charge in [0.1, 0.15) is 33.8 Å². The van der Waals surface area contributed by atoms with E-state index >= 15 is 0 Å². The van der Waals surface area contributed by atoms with Crippen molar-refractivity contribution in [1.82, 2.24) is 0 Å². The maximum Gasteiger partial charge on any atom is 0.449 e. The zero-order chi connectivity index (χ0) is 53.6. The molecule has 8 rings (SSSR count). The molecular weight excluding hydrogens is 979 g/mol. The molecule has 70 heavy (non-hydrogen) atoms. The van der Waals surface area contributed by atoms with Crippen molar-refractivity contribution in [3.05, 3.63) is 171 Å². The van der Waals surface area contributed by atoms with E-state index in [2.05, 4.69) is 17.7 Å². The normalized spacial score (nSPS) is 11.8. The number of rotatable bonds is 2. The van der Waals surface area contributed by atoms with Gasteiger partial charge in [0.15, 0.2) is 34.3 Å². The first-order chi connectivity index (χ1) is 32.8. The number of carbonyl (C=O) groups is 2. The molecule has 0 aliphatic rings. The molecule has 0 radical (unpaired) electrons. The predicted molar refractivity (Wildman–Crippen MR) is 221 cm³/mol. The number of aldehydes is 2. The lowest BCUT2D eigenvalue weighted by Gasteiger charge is -2.08.